The van der Waals surface area contributed by atoms with Crippen molar-refractivity contribution in [2.45, 2.75) is 45.8 Å². The average Bonchev–Trinajstić information content (AvgIpc) is 2.35. The number of aromatic nitrogens is 1. The number of hydrogen-bond donors (Lipinski definition) is 1. The highest BCUT2D eigenvalue weighted by Crippen LogP contribution is 2.10. The zero-order valence-corrected chi connectivity index (χ0v) is 10.6. The molecule has 0 aliphatic heterocycles. The number of likely N-dealkylation sites (N-methyl/N-ethyl adjacent to an activating group) is 1. The highest BCUT2D eigenvalue weighted by molar-refractivity contribution is 5.09. The molecule has 2 atom stereocenters. The van der Waals surface area contributed by atoms with Gasteiger partial charge in [0.1, 0.15) is 0 Å². The number of nitrogens with zero attached hydrogens (tertiary/aromatic N) is 2. The minimum Gasteiger partial charge on any atom is -0.326 e. The second-order valence-corrected chi connectivity index (χ2v) is 4.23. The predicted octanol–water partition coefficient (Wildman–Crippen LogP) is 2.03. The van der Waals surface area contributed by atoms with Crippen molar-refractivity contribution in [3.63, 3.8) is 0 Å². The van der Waals surface area contributed by atoms with E-state index in [1.165, 1.54) is 5.56 Å². The standard InChI is InChI=1S/C13H23N3/c1-4-13(14)11(3)16(5-2)10-12-6-8-15-9-7-12/h6-9,11,13H,4-5,10,14H2,1-3H3. The van der Waals surface area contributed by atoms with Gasteiger partial charge in [-0.15, -0.1) is 0 Å². The zero-order chi connectivity index (χ0) is 12.0. The van der Waals surface area contributed by atoms with Crippen molar-refractivity contribution in [3.05, 3.63) is 30.1 Å². The summed E-state index contributed by atoms with van der Waals surface area (Å²) in [5.74, 6) is 0. The third-order valence-corrected chi connectivity index (χ3v) is 3.21. The summed E-state index contributed by atoms with van der Waals surface area (Å²) in [7, 11) is 0. The summed E-state index contributed by atoms with van der Waals surface area (Å²) in [6.45, 7) is 8.51. The molecule has 1 aromatic rings. The van der Waals surface area contributed by atoms with E-state index in [0.717, 1.165) is 19.5 Å². The lowest BCUT2D eigenvalue weighted by Crippen LogP contribution is -2.45. The molecular formula is C13H23N3. The molecule has 0 bridgehead atoms. The van der Waals surface area contributed by atoms with E-state index in [0.29, 0.717) is 6.04 Å². The normalized spacial score (nSPS) is 15.1. The van der Waals surface area contributed by atoms with Crippen LogP contribution in [0.4, 0.5) is 0 Å². The van der Waals surface area contributed by atoms with Crippen LogP contribution in [0, 0.1) is 0 Å². The Bertz CT molecular complexity index is 286. The van der Waals surface area contributed by atoms with Crippen LogP contribution in [0.25, 0.3) is 0 Å². The van der Waals surface area contributed by atoms with Crippen molar-refractivity contribution >= 4 is 0 Å². The molecule has 0 aliphatic rings. The van der Waals surface area contributed by atoms with Gasteiger partial charge in [-0.1, -0.05) is 13.8 Å². The molecule has 0 amide bonds. The van der Waals surface area contributed by atoms with Crippen LogP contribution in [-0.2, 0) is 6.54 Å². The fraction of sp³-hybridized carbons (Fsp3) is 0.615. The Balaban J connectivity index is 2.62. The molecule has 3 heteroatoms. The lowest BCUT2D eigenvalue weighted by atomic mass is 10.1. The minimum absolute atomic E-state index is 0.252. The molecule has 3 nitrogen and oxygen atoms in total. The molecule has 2 N–H and O–H groups in total. The molecular weight excluding hydrogens is 198 g/mol. The van der Waals surface area contributed by atoms with Gasteiger partial charge in [-0.2, -0.15) is 0 Å². The Morgan fingerprint density at radius 3 is 2.44 bits per heavy atom. The lowest BCUT2D eigenvalue weighted by molar-refractivity contribution is 0.182. The third kappa shape index (κ3) is 3.58. The maximum atomic E-state index is 6.09. The maximum Gasteiger partial charge on any atom is 0.0271 e. The Labute approximate surface area is 98.7 Å². The first-order valence-electron chi connectivity index (χ1n) is 6.07. The van der Waals surface area contributed by atoms with Gasteiger partial charge in [0.15, 0.2) is 0 Å². The summed E-state index contributed by atoms with van der Waals surface area (Å²) in [5.41, 5.74) is 7.39. The Hall–Kier alpha value is -0.930. The molecule has 1 rings (SSSR count). The van der Waals surface area contributed by atoms with Crippen LogP contribution in [0.1, 0.15) is 32.8 Å². The SMILES string of the molecule is CCC(N)C(C)N(CC)Cc1ccncc1. The molecule has 0 fully saturated rings. The maximum absolute atomic E-state index is 6.09. The molecule has 16 heavy (non-hydrogen) atoms. The van der Waals surface area contributed by atoms with Gasteiger partial charge in [-0.05, 0) is 37.6 Å². The number of rotatable bonds is 6. The Morgan fingerprint density at radius 2 is 1.94 bits per heavy atom. The first-order chi connectivity index (χ1) is 7.69. The summed E-state index contributed by atoms with van der Waals surface area (Å²) in [4.78, 5) is 6.44. The van der Waals surface area contributed by atoms with Gasteiger partial charge in [0.2, 0.25) is 0 Å². The van der Waals surface area contributed by atoms with Crippen molar-refractivity contribution in [2.75, 3.05) is 6.54 Å². The number of pyridine rings is 1. The number of hydrogen-bond acceptors (Lipinski definition) is 3. The van der Waals surface area contributed by atoms with Crippen LogP contribution >= 0.6 is 0 Å². The van der Waals surface area contributed by atoms with E-state index in [1.54, 1.807) is 0 Å². The van der Waals surface area contributed by atoms with Crippen LogP contribution in [0.15, 0.2) is 24.5 Å². The number of nitrogens with two attached hydrogens (primary N) is 1. The molecule has 90 valence electrons. The lowest BCUT2D eigenvalue weighted by Gasteiger charge is -2.31. The van der Waals surface area contributed by atoms with E-state index in [9.17, 15) is 0 Å². The predicted molar refractivity (Wildman–Crippen MR) is 68.0 cm³/mol. The monoisotopic (exact) mass is 221 g/mol. The molecule has 0 aliphatic carbocycles. The molecule has 0 radical (unpaired) electrons. The van der Waals surface area contributed by atoms with Crippen molar-refractivity contribution in [1.29, 1.82) is 0 Å². The molecule has 2 unspecified atom stereocenters. The second kappa shape index (κ2) is 6.61. The first-order valence-corrected chi connectivity index (χ1v) is 6.07. The third-order valence-electron chi connectivity index (χ3n) is 3.21. The van der Waals surface area contributed by atoms with Crippen LogP contribution in [0.5, 0.6) is 0 Å². The van der Waals surface area contributed by atoms with E-state index >= 15 is 0 Å². The Kier molecular flexibility index (Phi) is 5.43. The van der Waals surface area contributed by atoms with Crippen LogP contribution in [-0.4, -0.2) is 28.5 Å². The summed E-state index contributed by atoms with van der Waals surface area (Å²) >= 11 is 0. The van der Waals surface area contributed by atoms with Crippen molar-refractivity contribution in [3.8, 4) is 0 Å². The molecule has 0 saturated carbocycles. The van der Waals surface area contributed by atoms with Crippen LogP contribution < -0.4 is 5.73 Å². The fourth-order valence-electron chi connectivity index (χ4n) is 1.88. The van der Waals surface area contributed by atoms with Gasteiger partial charge >= 0.3 is 0 Å². The topological polar surface area (TPSA) is 42.1 Å². The summed E-state index contributed by atoms with van der Waals surface area (Å²) in [6, 6.07) is 4.80. The van der Waals surface area contributed by atoms with Gasteiger partial charge in [0.05, 0.1) is 0 Å². The molecule has 0 aromatic carbocycles. The van der Waals surface area contributed by atoms with Gasteiger partial charge in [-0.25, -0.2) is 0 Å². The van der Waals surface area contributed by atoms with Crippen molar-refractivity contribution in [1.82, 2.24) is 9.88 Å². The highest BCUT2D eigenvalue weighted by atomic mass is 15.2. The van der Waals surface area contributed by atoms with E-state index in [2.05, 4.69) is 42.8 Å². The zero-order valence-electron chi connectivity index (χ0n) is 10.6. The van der Waals surface area contributed by atoms with Gasteiger partial charge in [0.25, 0.3) is 0 Å². The van der Waals surface area contributed by atoms with Crippen molar-refractivity contribution < 1.29 is 0 Å². The fourth-order valence-corrected chi connectivity index (χ4v) is 1.88. The molecule has 1 heterocycles. The molecule has 1 aromatic heterocycles. The largest absolute Gasteiger partial charge is 0.326 e. The van der Waals surface area contributed by atoms with Gasteiger partial charge in [-0.3, -0.25) is 9.88 Å². The van der Waals surface area contributed by atoms with E-state index in [1.807, 2.05) is 12.4 Å². The summed E-state index contributed by atoms with van der Waals surface area (Å²) in [5, 5.41) is 0. The van der Waals surface area contributed by atoms with Crippen LogP contribution in [0.3, 0.4) is 0 Å². The van der Waals surface area contributed by atoms with Gasteiger partial charge < -0.3 is 5.73 Å². The van der Waals surface area contributed by atoms with E-state index in [4.69, 9.17) is 5.73 Å². The quantitative estimate of drug-likeness (QED) is 0.799. The summed E-state index contributed by atoms with van der Waals surface area (Å²) in [6.07, 6.45) is 4.70. The first kappa shape index (κ1) is 13.1. The van der Waals surface area contributed by atoms with E-state index in [-0.39, 0.29) is 6.04 Å². The second-order valence-electron chi connectivity index (χ2n) is 4.23. The van der Waals surface area contributed by atoms with Gasteiger partial charge in [0, 0.05) is 31.0 Å². The van der Waals surface area contributed by atoms with E-state index < -0.39 is 0 Å². The van der Waals surface area contributed by atoms with Crippen molar-refractivity contribution in [2.24, 2.45) is 5.73 Å². The molecule has 0 saturated heterocycles. The smallest absolute Gasteiger partial charge is 0.0271 e. The Morgan fingerprint density at radius 1 is 1.31 bits per heavy atom. The highest BCUT2D eigenvalue weighted by Gasteiger charge is 2.17. The molecule has 0 spiro atoms. The summed E-state index contributed by atoms with van der Waals surface area (Å²) < 4.78 is 0. The average molecular weight is 221 g/mol. The van der Waals surface area contributed by atoms with Crippen LogP contribution in [0.2, 0.25) is 0 Å². The minimum atomic E-state index is 0.252.